The van der Waals surface area contributed by atoms with Gasteiger partial charge in [-0.15, -0.1) is 0 Å². The molecule has 0 aliphatic carbocycles. The minimum atomic E-state index is 0.368. The van der Waals surface area contributed by atoms with Gasteiger partial charge in [0.2, 0.25) is 0 Å². The van der Waals surface area contributed by atoms with Crippen LogP contribution in [0.25, 0.3) is 0 Å². The fourth-order valence-corrected chi connectivity index (χ4v) is 1.92. The third kappa shape index (κ3) is 4.96. The molecule has 15 heavy (non-hydrogen) atoms. The van der Waals surface area contributed by atoms with Gasteiger partial charge in [-0.05, 0) is 12.0 Å². The largest absolute Gasteiger partial charge is 0.379 e. The monoisotopic (exact) mass is 214 g/mol. The van der Waals surface area contributed by atoms with Crippen molar-refractivity contribution in [3.05, 3.63) is 0 Å². The number of nitrogens with one attached hydrogen (secondary N) is 2. The maximum absolute atomic E-state index is 5.50. The molecule has 2 N–H and O–H groups in total. The Labute approximate surface area is 94.0 Å². The van der Waals surface area contributed by atoms with Crippen molar-refractivity contribution < 1.29 is 4.74 Å². The van der Waals surface area contributed by atoms with Crippen molar-refractivity contribution in [1.29, 1.82) is 0 Å². The molecule has 0 amide bonds. The lowest BCUT2D eigenvalue weighted by Crippen LogP contribution is -2.41. The van der Waals surface area contributed by atoms with Crippen LogP contribution in [0.2, 0.25) is 0 Å². The fourth-order valence-electron chi connectivity index (χ4n) is 1.92. The van der Waals surface area contributed by atoms with E-state index in [0.717, 1.165) is 32.8 Å². The Bertz CT molecular complexity index is 177. The zero-order valence-electron chi connectivity index (χ0n) is 10.6. The topological polar surface area (TPSA) is 33.3 Å². The van der Waals surface area contributed by atoms with Gasteiger partial charge in [-0.2, -0.15) is 0 Å². The summed E-state index contributed by atoms with van der Waals surface area (Å²) >= 11 is 0. The molecule has 0 radical (unpaired) electrons. The zero-order chi connectivity index (χ0) is 11.3. The first kappa shape index (κ1) is 12.9. The summed E-state index contributed by atoms with van der Waals surface area (Å²) in [7, 11) is 0. The van der Waals surface area contributed by atoms with Crippen molar-refractivity contribution in [2.45, 2.75) is 33.7 Å². The summed E-state index contributed by atoms with van der Waals surface area (Å²) in [6.07, 6.45) is 0. The van der Waals surface area contributed by atoms with Crippen LogP contribution in [0.4, 0.5) is 0 Å². The van der Waals surface area contributed by atoms with Gasteiger partial charge < -0.3 is 15.4 Å². The Hall–Kier alpha value is -0.120. The highest BCUT2D eigenvalue weighted by Gasteiger charge is 2.27. The lowest BCUT2D eigenvalue weighted by Gasteiger charge is -2.23. The average molecular weight is 214 g/mol. The molecule has 90 valence electrons. The maximum atomic E-state index is 5.50. The van der Waals surface area contributed by atoms with Crippen molar-refractivity contribution >= 4 is 0 Å². The summed E-state index contributed by atoms with van der Waals surface area (Å²) < 4.78 is 5.50. The van der Waals surface area contributed by atoms with Crippen molar-refractivity contribution in [3.63, 3.8) is 0 Å². The number of rotatable bonds is 5. The molecule has 2 unspecified atom stereocenters. The predicted molar refractivity (Wildman–Crippen MR) is 64.1 cm³/mol. The maximum Gasteiger partial charge on any atom is 0.0623 e. The molecule has 1 rings (SSSR count). The first-order chi connectivity index (χ1) is 7.03. The number of hydrogen-bond acceptors (Lipinski definition) is 3. The minimum Gasteiger partial charge on any atom is -0.379 e. The molecule has 0 aromatic heterocycles. The van der Waals surface area contributed by atoms with Crippen molar-refractivity contribution in [1.82, 2.24) is 10.6 Å². The lowest BCUT2D eigenvalue weighted by molar-refractivity contribution is 0.181. The van der Waals surface area contributed by atoms with E-state index in [0.29, 0.717) is 17.4 Å². The zero-order valence-corrected chi connectivity index (χ0v) is 10.6. The molecule has 1 aliphatic heterocycles. The van der Waals surface area contributed by atoms with Gasteiger partial charge in [0, 0.05) is 25.0 Å². The van der Waals surface area contributed by atoms with Gasteiger partial charge in [-0.1, -0.05) is 27.7 Å². The molecule has 3 nitrogen and oxygen atoms in total. The Kier molecular flexibility index (Phi) is 5.03. The minimum absolute atomic E-state index is 0.368. The van der Waals surface area contributed by atoms with Crippen LogP contribution in [0.3, 0.4) is 0 Å². The Morgan fingerprint density at radius 2 is 2.00 bits per heavy atom. The average Bonchev–Trinajstić information content (AvgIpc) is 2.51. The lowest BCUT2D eigenvalue weighted by atomic mass is 9.96. The Balaban J connectivity index is 2.20. The van der Waals surface area contributed by atoms with E-state index in [2.05, 4.69) is 38.3 Å². The highest BCUT2D eigenvalue weighted by Crippen LogP contribution is 2.14. The molecule has 0 bridgehead atoms. The molecule has 2 atom stereocenters. The Morgan fingerprint density at radius 3 is 2.60 bits per heavy atom. The van der Waals surface area contributed by atoms with E-state index in [-0.39, 0.29) is 0 Å². The van der Waals surface area contributed by atoms with E-state index >= 15 is 0 Å². The number of hydrogen-bond donors (Lipinski definition) is 2. The molecule has 0 aromatic carbocycles. The standard InChI is InChI=1S/C12H26N2O/c1-5-14-11-8-15-7-10(11)6-13-9-12(2,3)4/h10-11,13-14H,5-9H2,1-4H3. The van der Waals surface area contributed by atoms with Crippen molar-refractivity contribution in [3.8, 4) is 0 Å². The second-order valence-electron chi connectivity index (χ2n) is 5.65. The number of ether oxygens (including phenoxy) is 1. The first-order valence-electron chi connectivity index (χ1n) is 6.05. The van der Waals surface area contributed by atoms with Crippen LogP contribution in [0, 0.1) is 11.3 Å². The van der Waals surface area contributed by atoms with E-state index in [1.807, 2.05) is 0 Å². The molecule has 3 heteroatoms. The third-order valence-corrected chi connectivity index (χ3v) is 2.73. The van der Waals surface area contributed by atoms with E-state index in [4.69, 9.17) is 4.74 Å². The van der Waals surface area contributed by atoms with Gasteiger partial charge in [0.15, 0.2) is 0 Å². The second kappa shape index (κ2) is 5.83. The van der Waals surface area contributed by atoms with Gasteiger partial charge in [-0.25, -0.2) is 0 Å². The van der Waals surface area contributed by atoms with Gasteiger partial charge in [-0.3, -0.25) is 0 Å². The Morgan fingerprint density at radius 1 is 1.27 bits per heavy atom. The summed E-state index contributed by atoms with van der Waals surface area (Å²) in [6.45, 7) is 13.9. The molecule has 0 saturated carbocycles. The molecule has 1 heterocycles. The van der Waals surface area contributed by atoms with Gasteiger partial charge in [0.1, 0.15) is 0 Å². The second-order valence-corrected chi connectivity index (χ2v) is 5.65. The van der Waals surface area contributed by atoms with Crippen LogP contribution in [-0.4, -0.2) is 38.9 Å². The van der Waals surface area contributed by atoms with E-state index < -0.39 is 0 Å². The van der Waals surface area contributed by atoms with Crippen LogP contribution < -0.4 is 10.6 Å². The van der Waals surface area contributed by atoms with Gasteiger partial charge in [0.25, 0.3) is 0 Å². The molecule has 0 spiro atoms. The molecule has 1 saturated heterocycles. The van der Waals surface area contributed by atoms with E-state index in [1.165, 1.54) is 0 Å². The SMILES string of the molecule is CCNC1COCC1CNCC(C)(C)C. The summed E-state index contributed by atoms with van der Waals surface area (Å²) in [6, 6.07) is 0.544. The molecular formula is C12H26N2O. The van der Waals surface area contributed by atoms with Crippen LogP contribution in [-0.2, 0) is 4.74 Å². The summed E-state index contributed by atoms with van der Waals surface area (Å²) in [5.41, 5.74) is 0.368. The van der Waals surface area contributed by atoms with Crippen molar-refractivity contribution in [2.24, 2.45) is 11.3 Å². The van der Waals surface area contributed by atoms with Crippen LogP contribution in [0.5, 0.6) is 0 Å². The van der Waals surface area contributed by atoms with Crippen LogP contribution in [0.15, 0.2) is 0 Å². The highest BCUT2D eigenvalue weighted by atomic mass is 16.5. The van der Waals surface area contributed by atoms with E-state index in [9.17, 15) is 0 Å². The normalized spacial score (nSPS) is 27.2. The summed E-state index contributed by atoms with van der Waals surface area (Å²) in [4.78, 5) is 0. The molecule has 1 aliphatic rings. The van der Waals surface area contributed by atoms with Crippen molar-refractivity contribution in [2.75, 3.05) is 32.8 Å². The quantitative estimate of drug-likeness (QED) is 0.722. The fraction of sp³-hybridized carbons (Fsp3) is 1.00. The predicted octanol–water partition coefficient (Wildman–Crippen LogP) is 1.25. The van der Waals surface area contributed by atoms with Crippen LogP contribution in [0.1, 0.15) is 27.7 Å². The third-order valence-electron chi connectivity index (χ3n) is 2.73. The van der Waals surface area contributed by atoms with Gasteiger partial charge >= 0.3 is 0 Å². The highest BCUT2D eigenvalue weighted by molar-refractivity contribution is 4.82. The van der Waals surface area contributed by atoms with Gasteiger partial charge in [0.05, 0.1) is 13.2 Å². The number of likely N-dealkylation sites (N-methyl/N-ethyl adjacent to an activating group) is 1. The molecule has 1 fully saturated rings. The molecule has 0 aromatic rings. The van der Waals surface area contributed by atoms with Crippen LogP contribution >= 0.6 is 0 Å². The first-order valence-corrected chi connectivity index (χ1v) is 6.05. The molecular weight excluding hydrogens is 188 g/mol. The van der Waals surface area contributed by atoms with E-state index in [1.54, 1.807) is 0 Å². The summed E-state index contributed by atoms with van der Waals surface area (Å²) in [5.74, 6) is 0.632. The smallest absolute Gasteiger partial charge is 0.0623 e. The summed E-state index contributed by atoms with van der Waals surface area (Å²) in [5, 5.41) is 7.01.